The number of H-pyrrole nitrogens is 1. The Morgan fingerprint density at radius 3 is 2.56 bits per heavy atom. The van der Waals surface area contributed by atoms with Crippen LogP contribution in [0.2, 0.25) is 0 Å². The summed E-state index contributed by atoms with van der Waals surface area (Å²) >= 11 is 0. The molecule has 2 heterocycles. The largest absolute Gasteiger partial charge is 0.282 e. The molecule has 27 heavy (non-hydrogen) atoms. The molecule has 0 spiro atoms. The van der Waals surface area contributed by atoms with Gasteiger partial charge >= 0.3 is 0 Å². The first-order chi connectivity index (χ1) is 13.0. The molecule has 0 radical (unpaired) electrons. The molecule has 6 heteroatoms. The van der Waals surface area contributed by atoms with Crippen molar-refractivity contribution in [3.63, 3.8) is 0 Å². The summed E-state index contributed by atoms with van der Waals surface area (Å²) in [5.74, 6) is 0. The van der Waals surface area contributed by atoms with E-state index in [0.717, 1.165) is 40.7 Å². The van der Waals surface area contributed by atoms with Crippen LogP contribution in [0.15, 0.2) is 65.7 Å². The van der Waals surface area contributed by atoms with Crippen LogP contribution in [-0.4, -0.2) is 22.6 Å². The molecule has 0 atom stereocenters. The third-order valence-electron chi connectivity index (χ3n) is 4.68. The van der Waals surface area contributed by atoms with Gasteiger partial charge in [-0.05, 0) is 37.6 Å². The van der Waals surface area contributed by atoms with Gasteiger partial charge in [-0.2, -0.15) is 5.10 Å². The molecule has 5 nitrogen and oxygen atoms in total. The molecule has 0 saturated heterocycles. The van der Waals surface area contributed by atoms with Gasteiger partial charge in [0.05, 0.1) is 16.1 Å². The van der Waals surface area contributed by atoms with E-state index in [2.05, 4.69) is 17.1 Å². The molecular formula is C21H21N3O2S. The Balaban J connectivity index is 1.90. The lowest BCUT2D eigenvalue weighted by Gasteiger charge is -2.07. The van der Waals surface area contributed by atoms with Crippen LogP contribution in [0.5, 0.6) is 0 Å². The van der Waals surface area contributed by atoms with E-state index in [9.17, 15) is 8.42 Å². The highest BCUT2D eigenvalue weighted by Crippen LogP contribution is 2.32. The molecule has 2 aromatic carbocycles. The fraction of sp³-hybridized carbons (Fsp3) is 0.190. The maximum atomic E-state index is 13.2. The number of hydrogen-bond donors (Lipinski definition) is 1. The molecule has 4 rings (SSSR count). The van der Waals surface area contributed by atoms with E-state index in [-0.39, 0.29) is 4.90 Å². The highest BCUT2D eigenvalue weighted by Gasteiger charge is 2.22. The minimum Gasteiger partial charge on any atom is -0.282 e. The van der Waals surface area contributed by atoms with Crippen LogP contribution in [0.3, 0.4) is 0 Å². The standard InChI is InChI=1S/C21H21N3O2S/c1-3-6-16-13-20(23-22-16)19-14-24(21-8-5-4-7-18(19)21)27(25,26)17-11-9-15(2)10-12-17/h4-5,7-14H,3,6H2,1-2H3,(H,22,23). The number of nitrogens with zero attached hydrogens (tertiary/aromatic N) is 2. The summed E-state index contributed by atoms with van der Waals surface area (Å²) in [4.78, 5) is 0.272. The quantitative estimate of drug-likeness (QED) is 0.554. The predicted molar refractivity (Wildman–Crippen MR) is 107 cm³/mol. The number of aromatic nitrogens is 3. The van der Waals surface area contributed by atoms with Gasteiger partial charge in [-0.3, -0.25) is 5.10 Å². The Hall–Kier alpha value is -2.86. The molecule has 2 aromatic heterocycles. The number of nitrogens with one attached hydrogen (secondary N) is 1. The molecular weight excluding hydrogens is 358 g/mol. The summed E-state index contributed by atoms with van der Waals surface area (Å²) in [6.07, 6.45) is 3.60. The Morgan fingerprint density at radius 1 is 1.07 bits per heavy atom. The van der Waals surface area contributed by atoms with Crippen LogP contribution in [0, 0.1) is 6.92 Å². The van der Waals surface area contributed by atoms with Crippen molar-refractivity contribution in [3.8, 4) is 11.3 Å². The number of aryl methyl sites for hydroxylation is 2. The van der Waals surface area contributed by atoms with Gasteiger partial charge in [0.2, 0.25) is 0 Å². The van der Waals surface area contributed by atoms with Crippen molar-refractivity contribution in [2.24, 2.45) is 0 Å². The first kappa shape index (κ1) is 17.5. The molecule has 0 amide bonds. The zero-order valence-corrected chi connectivity index (χ0v) is 16.1. The van der Waals surface area contributed by atoms with Crippen molar-refractivity contribution in [1.29, 1.82) is 0 Å². The highest BCUT2D eigenvalue weighted by atomic mass is 32.2. The average Bonchev–Trinajstić information content (AvgIpc) is 3.27. The van der Waals surface area contributed by atoms with E-state index in [1.165, 1.54) is 3.97 Å². The van der Waals surface area contributed by atoms with Crippen molar-refractivity contribution < 1.29 is 8.42 Å². The molecule has 0 bridgehead atoms. The molecule has 0 aliphatic rings. The second-order valence-electron chi connectivity index (χ2n) is 6.70. The van der Waals surface area contributed by atoms with Gasteiger partial charge in [-0.1, -0.05) is 49.2 Å². The lowest BCUT2D eigenvalue weighted by atomic mass is 10.1. The zero-order valence-electron chi connectivity index (χ0n) is 15.3. The minimum atomic E-state index is -3.69. The normalized spacial score (nSPS) is 11.9. The van der Waals surface area contributed by atoms with Crippen LogP contribution in [0.1, 0.15) is 24.6 Å². The average molecular weight is 379 g/mol. The Labute approximate surface area is 158 Å². The van der Waals surface area contributed by atoms with Crippen molar-refractivity contribution in [1.82, 2.24) is 14.2 Å². The van der Waals surface area contributed by atoms with E-state index in [1.54, 1.807) is 18.3 Å². The van der Waals surface area contributed by atoms with Crippen LogP contribution in [0.25, 0.3) is 22.2 Å². The van der Waals surface area contributed by atoms with Crippen molar-refractivity contribution >= 4 is 20.9 Å². The summed E-state index contributed by atoms with van der Waals surface area (Å²) in [5, 5.41) is 8.31. The van der Waals surface area contributed by atoms with E-state index in [4.69, 9.17) is 0 Å². The van der Waals surface area contributed by atoms with Gasteiger partial charge in [0.1, 0.15) is 0 Å². The molecule has 0 aliphatic carbocycles. The fourth-order valence-corrected chi connectivity index (χ4v) is 4.64. The lowest BCUT2D eigenvalue weighted by Crippen LogP contribution is -2.11. The maximum Gasteiger partial charge on any atom is 0.268 e. The summed E-state index contributed by atoms with van der Waals surface area (Å²) < 4.78 is 27.9. The first-order valence-corrected chi connectivity index (χ1v) is 10.4. The van der Waals surface area contributed by atoms with E-state index >= 15 is 0 Å². The third-order valence-corrected chi connectivity index (χ3v) is 6.37. The molecule has 0 aliphatic heterocycles. The Morgan fingerprint density at radius 2 is 1.81 bits per heavy atom. The van der Waals surface area contributed by atoms with Crippen LogP contribution >= 0.6 is 0 Å². The molecule has 0 unspecified atom stereocenters. The van der Waals surface area contributed by atoms with Crippen LogP contribution in [-0.2, 0) is 16.4 Å². The highest BCUT2D eigenvalue weighted by molar-refractivity contribution is 7.90. The minimum absolute atomic E-state index is 0.272. The molecule has 138 valence electrons. The topological polar surface area (TPSA) is 67.8 Å². The Bertz CT molecular complexity index is 1200. The first-order valence-electron chi connectivity index (χ1n) is 8.97. The maximum absolute atomic E-state index is 13.2. The smallest absolute Gasteiger partial charge is 0.268 e. The second-order valence-corrected chi connectivity index (χ2v) is 8.52. The number of fused-ring (bicyclic) bond motifs is 1. The summed E-state index contributed by atoms with van der Waals surface area (Å²) in [7, 11) is -3.69. The zero-order chi connectivity index (χ0) is 19.0. The van der Waals surface area contributed by atoms with Crippen molar-refractivity contribution in [2.45, 2.75) is 31.6 Å². The van der Waals surface area contributed by atoms with Crippen LogP contribution in [0.4, 0.5) is 0 Å². The SMILES string of the molecule is CCCc1cc(-c2cn(S(=O)(=O)c3ccc(C)cc3)c3ccccc23)n[nH]1. The lowest BCUT2D eigenvalue weighted by molar-refractivity contribution is 0.589. The van der Waals surface area contributed by atoms with Crippen LogP contribution < -0.4 is 0 Å². The fourth-order valence-electron chi connectivity index (χ4n) is 3.27. The summed E-state index contributed by atoms with van der Waals surface area (Å²) in [6, 6.07) is 16.4. The van der Waals surface area contributed by atoms with E-state index in [1.807, 2.05) is 49.4 Å². The number of aromatic amines is 1. The number of para-hydroxylation sites is 1. The van der Waals surface area contributed by atoms with E-state index < -0.39 is 10.0 Å². The number of hydrogen-bond acceptors (Lipinski definition) is 3. The van der Waals surface area contributed by atoms with Gasteiger partial charge in [0.15, 0.2) is 0 Å². The van der Waals surface area contributed by atoms with Gasteiger partial charge in [-0.15, -0.1) is 0 Å². The molecule has 4 aromatic rings. The summed E-state index contributed by atoms with van der Waals surface area (Å²) in [5.41, 5.74) is 4.28. The molecule has 0 saturated carbocycles. The van der Waals surface area contributed by atoms with Gasteiger partial charge in [0, 0.05) is 22.8 Å². The second kappa shape index (κ2) is 6.70. The number of rotatable bonds is 5. The number of benzene rings is 2. The van der Waals surface area contributed by atoms with Gasteiger partial charge < -0.3 is 0 Å². The van der Waals surface area contributed by atoms with Gasteiger partial charge in [0.25, 0.3) is 10.0 Å². The molecule has 0 fully saturated rings. The van der Waals surface area contributed by atoms with Crippen molar-refractivity contribution in [3.05, 3.63) is 72.1 Å². The monoisotopic (exact) mass is 379 g/mol. The predicted octanol–water partition coefficient (Wildman–Crippen LogP) is 4.53. The van der Waals surface area contributed by atoms with Gasteiger partial charge in [-0.25, -0.2) is 12.4 Å². The third kappa shape index (κ3) is 3.06. The van der Waals surface area contributed by atoms with Crippen molar-refractivity contribution in [2.75, 3.05) is 0 Å². The van der Waals surface area contributed by atoms with E-state index in [0.29, 0.717) is 5.52 Å². The Kier molecular flexibility index (Phi) is 4.36. The molecule has 1 N–H and O–H groups in total. The summed E-state index contributed by atoms with van der Waals surface area (Å²) in [6.45, 7) is 4.05.